The summed E-state index contributed by atoms with van der Waals surface area (Å²) < 4.78 is 7.42. The van der Waals surface area contributed by atoms with E-state index in [-0.39, 0.29) is 0 Å². The average molecular weight is 412 g/mol. The molecule has 0 aliphatic carbocycles. The monoisotopic (exact) mass is 411 g/mol. The van der Waals surface area contributed by atoms with Crippen LogP contribution in [0.3, 0.4) is 0 Å². The number of aryl methyl sites for hydroxylation is 1. The molecule has 30 heavy (non-hydrogen) atoms. The predicted molar refractivity (Wildman–Crippen MR) is 132 cm³/mol. The maximum Gasteiger partial charge on any atom is 0.213 e. The fraction of sp³-hybridized carbons (Fsp3) is 0.360. The number of hydrogen-bond donors (Lipinski definition) is 2. The Morgan fingerprint density at radius 1 is 1.07 bits per heavy atom. The lowest BCUT2D eigenvalue weighted by Crippen LogP contribution is -2.32. The molecule has 1 aromatic heterocycles. The van der Waals surface area contributed by atoms with E-state index in [1.54, 1.807) is 13.2 Å². The summed E-state index contributed by atoms with van der Waals surface area (Å²) in [5.74, 6) is 7.11. The number of rotatable bonds is 4. The predicted octanol–water partition coefficient (Wildman–Crippen LogP) is 5.30. The topological polar surface area (TPSA) is 63.5 Å². The van der Waals surface area contributed by atoms with Crippen LogP contribution in [0.1, 0.15) is 47.1 Å². The summed E-state index contributed by atoms with van der Waals surface area (Å²) in [6.07, 6.45) is 3.83. The van der Waals surface area contributed by atoms with Gasteiger partial charge in [-0.15, -0.1) is 6.58 Å². The highest BCUT2D eigenvalue weighted by Gasteiger charge is 2.13. The van der Waals surface area contributed by atoms with E-state index in [9.17, 15) is 0 Å². The molecule has 3 N–H and O–H groups in total. The van der Waals surface area contributed by atoms with Crippen LogP contribution in [0.15, 0.2) is 60.2 Å². The van der Waals surface area contributed by atoms with Gasteiger partial charge in [0.05, 0.1) is 24.4 Å². The van der Waals surface area contributed by atoms with Gasteiger partial charge in [0.15, 0.2) is 6.20 Å². The number of fused-ring (bicyclic) bond motifs is 3. The number of nitrogens with one attached hydrogen (secondary N) is 1. The molecule has 0 radical (unpaired) electrons. The Morgan fingerprint density at radius 3 is 2.27 bits per heavy atom. The third-order valence-corrected chi connectivity index (χ3v) is 4.05. The van der Waals surface area contributed by atoms with E-state index in [0.29, 0.717) is 12.4 Å². The molecule has 0 bridgehead atoms. The quantitative estimate of drug-likeness (QED) is 0.116. The molecule has 1 heterocycles. The molecule has 0 atom stereocenters. The van der Waals surface area contributed by atoms with Crippen LogP contribution in [0, 0.1) is 0 Å². The van der Waals surface area contributed by atoms with Gasteiger partial charge in [-0.3, -0.25) is 4.99 Å². The second kappa shape index (κ2) is 15.0. The average Bonchev–Trinajstić information content (AvgIpc) is 2.83. The Morgan fingerprint density at radius 2 is 1.70 bits per heavy atom. The SMILES string of the molecule is C=CCN=C(NN)c1ccc2c3ccc(OC)cc3c[n+](C)c2c1.CC.CC.CC. The molecule has 3 rings (SSSR count). The van der Waals surface area contributed by atoms with Gasteiger partial charge in [0, 0.05) is 17.0 Å². The largest absolute Gasteiger partial charge is 0.497 e. The zero-order valence-corrected chi connectivity index (χ0v) is 19.9. The minimum Gasteiger partial charge on any atom is -0.497 e. The lowest BCUT2D eigenvalue weighted by molar-refractivity contribution is -0.643. The van der Waals surface area contributed by atoms with Gasteiger partial charge in [-0.05, 0) is 24.3 Å². The van der Waals surface area contributed by atoms with Gasteiger partial charge in [0.2, 0.25) is 5.52 Å². The van der Waals surface area contributed by atoms with Crippen molar-refractivity contribution in [1.29, 1.82) is 0 Å². The lowest BCUT2D eigenvalue weighted by atomic mass is 10.0. The molecule has 164 valence electrons. The number of amidine groups is 1. The summed E-state index contributed by atoms with van der Waals surface area (Å²) in [7, 11) is 3.71. The maximum atomic E-state index is 5.61. The molecule has 0 amide bonds. The van der Waals surface area contributed by atoms with Crippen molar-refractivity contribution < 1.29 is 9.30 Å². The highest BCUT2D eigenvalue weighted by atomic mass is 16.5. The Hall–Kier alpha value is -2.92. The second-order valence-electron chi connectivity index (χ2n) is 5.55. The van der Waals surface area contributed by atoms with Crippen LogP contribution >= 0.6 is 0 Å². The maximum absolute atomic E-state index is 5.61. The molecule has 5 nitrogen and oxygen atoms in total. The van der Waals surface area contributed by atoms with E-state index in [1.807, 2.05) is 66.8 Å². The van der Waals surface area contributed by atoms with Crippen molar-refractivity contribution in [3.8, 4) is 5.75 Å². The zero-order chi connectivity index (χ0) is 23.1. The van der Waals surface area contributed by atoms with Crippen molar-refractivity contribution in [1.82, 2.24) is 5.43 Å². The summed E-state index contributed by atoms with van der Waals surface area (Å²) in [5.41, 5.74) is 4.71. The Kier molecular flexibility index (Phi) is 13.5. The van der Waals surface area contributed by atoms with Gasteiger partial charge in [0.25, 0.3) is 0 Å². The highest BCUT2D eigenvalue weighted by Crippen LogP contribution is 2.26. The van der Waals surface area contributed by atoms with Crippen LogP contribution in [0.2, 0.25) is 0 Å². The molecule has 0 spiro atoms. The van der Waals surface area contributed by atoms with E-state index >= 15 is 0 Å². The van der Waals surface area contributed by atoms with Gasteiger partial charge in [0.1, 0.15) is 18.6 Å². The van der Waals surface area contributed by atoms with Gasteiger partial charge in [-0.25, -0.2) is 10.4 Å². The lowest BCUT2D eigenvalue weighted by Gasteiger charge is -2.08. The number of hydrazine groups is 1. The van der Waals surface area contributed by atoms with Crippen molar-refractivity contribution >= 4 is 27.5 Å². The number of ether oxygens (including phenoxy) is 1. The Bertz CT molecular complexity index is 949. The number of aliphatic imine (C=N–C) groups is 1. The number of pyridine rings is 1. The van der Waals surface area contributed by atoms with Crippen LogP contribution in [0.25, 0.3) is 21.7 Å². The first-order valence-electron chi connectivity index (χ1n) is 10.7. The van der Waals surface area contributed by atoms with Gasteiger partial charge in [-0.1, -0.05) is 53.7 Å². The van der Waals surface area contributed by atoms with Crippen molar-refractivity contribution in [2.75, 3.05) is 13.7 Å². The molecule has 0 aliphatic rings. The summed E-state index contributed by atoms with van der Waals surface area (Å²) in [4.78, 5) is 4.39. The molecule has 0 fully saturated rings. The minimum absolute atomic E-state index is 0.515. The number of nitrogens with two attached hydrogens (primary N) is 1. The van der Waals surface area contributed by atoms with Crippen LogP contribution in [-0.4, -0.2) is 19.5 Å². The molecule has 0 unspecified atom stereocenters. The number of aromatic nitrogens is 1. The van der Waals surface area contributed by atoms with Crippen molar-refractivity contribution in [3.63, 3.8) is 0 Å². The molecule has 2 aromatic carbocycles. The van der Waals surface area contributed by atoms with E-state index in [1.165, 1.54) is 10.8 Å². The molecule has 3 aromatic rings. The molecule has 0 saturated heterocycles. The number of benzene rings is 2. The standard InChI is InChI=1S/C19H20N4O.3C2H6/c1-4-9-21-19(22-20)13-5-7-17-16-8-6-15(24-3)10-14(16)12-23(2)18(17)11-13;3*1-2/h4-8,10-12,20-21H,1,9H2,2-3H3;3*1-2H3/p+1. The summed E-state index contributed by atoms with van der Waals surface area (Å²) >= 11 is 0. The number of hydrogen-bond acceptors (Lipinski definition) is 3. The van der Waals surface area contributed by atoms with E-state index in [4.69, 9.17) is 10.6 Å². The van der Waals surface area contributed by atoms with Crippen LogP contribution in [-0.2, 0) is 7.05 Å². The Labute approximate surface area is 182 Å². The van der Waals surface area contributed by atoms with Crippen LogP contribution in [0.5, 0.6) is 5.75 Å². The van der Waals surface area contributed by atoms with Crippen molar-refractivity contribution in [2.45, 2.75) is 41.5 Å². The minimum atomic E-state index is 0.515. The van der Waals surface area contributed by atoms with E-state index in [2.05, 4.69) is 46.0 Å². The first kappa shape index (κ1) is 27.1. The first-order valence-corrected chi connectivity index (χ1v) is 10.7. The van der Waals surface area contributed by atoms with Crippen LogP contribution < -0.4 is 20.6 Å². The summed E-state index contributed by atoms with van der Waals surface area (Å²) in [6, 6.07) is 12.3. The van der Waals surface area contributed by atoms with Gasteiger partial charge in [-0.2, -0.15) is 0 Å². The smallest absolute Gasteiger partial charge is 0.213 e. The van der Waals surface area contributed by atoms with E-state index < -0.39 is 0 Å². The molecular weight excluding hydrogens is 372 g/mol. The first-order chi connectivity index (χ1) is 14.7. The van der Waals surface area contributed by atoms with Crippen LogP contribution in [0.4, 0.5) is 0 Å². The van der Waals surface area contributed by atoms with Gasteiger partial charge < -0.3 is 10.2 Å². The van der Waals surface area contributed by atoms with Crippen molar-refractivity contribution in [3.05, 3.63) is 60.8 Å². The highest BCUT2D eigenvalue weighted by molar-refractivity contribution is 6.07. The second-order valence-corrected chi connectivity index (χ2v) is 5.55. The molecule has 5 heteroatoms. The summed E-state index contributed by atoms with van der Waals surface area (Å²) in [5, 5.41) is 3.48. The number of methoxy groups -OCH3 is 1. The fourth-order valence-electron chi connectivity index (χ4n) is 2.87. The van der Waals surface area contributed by atoms with E-state index in [0.717, 1.165) is 22.2 Å². The number of nitrogens with zero attached hydrogens (tertiary/aromatic N) is 2. The van der Waals surface area contributed by atoms with Crippen molar-refractivity contribution in [2.24, 2.45) is 17.9 Å². The Balaban J connectivity index is 0.00000129. The molecular formula is C25H39N4O+. The fourth-order valence-corrected chi connectivity index (χ4v) is 2.87. The van der Waals surface area contributed by atoms with Gasteiger partial charge >= 0.3 is 0 Å². The normalized spacial score (nSPS) is 9.97. The molecule has 0 saturated carbocycles. The zero-order valence-electron chi connectivity index (χ0n) is 19.9. The molecule has 0 aliphatic heterocycles. The third kappa shape index (κ3) is 6.56. The summed E-state index contributed by atoms with van der Waals surface area (Å²) in [6.45, 7) is 16.2. The third-order valence-electron chi connectivity index (χ3n) is 4.05.